The summed E-state index contributed by atoms with van der Waals surface area (Å²) in [5, 5.41) is 14.3. The molecule has 53 heavy (non-hydrogen) atoms. The maximum Gasteiger partial charge on any atom is 0.419 e. The standard InChI is InChI=1S/C36H38F8N4O5/c1-18(2)10-28(46-32(51)24-6-5-7-48(34(24)53)9-8-47-16-23(37)17-47)33(52)45-27(15-29(49)50)25-13-21(14-26(31(25)38)36(42,43)44)30-19(3)11-22(12-20(30)4)35(39,40)41/h5-7,11-14,18,23,27-28H,8-10,15-17H2,1-4H3,(H,45,52)(H,46,51)(H,49,50)/t27-,28-/m0/s1. The maximum atomic E-state index is 15.8. The van der Waals surface area contributed by atoms with Gasteiger partial charge in [-0.05, 0) is 84.8 Å². The van der Waals surface area contributed by atoms with E-state index in [1.807, 2.05) is 0 Å². The number of aryl methyl sites for hydroxylation is 2. The summed E-state index contributed by atoms with van der Waals surface area (Å²) in [6.45, 7) is 6.67. The van der Waals surface area contributed by atoms with Gasteiger partial charge >= 0.3 is 18.3 Å². The van der Waals surface area contributed by atoms with E-state index < -0.39 is 82.9 Å². The SMILES string of the molecule is Cc1cc(C(F)(F)F)cc(C)c1-c1cc([C@H](CC(=O)O)NC(=O)[C@H](CC(C)C)NC(=O)c2cccn(CCN3CC(F)C3)c2=O)c(F)c(C(F)(F)F)c1. The number of nitrogens with zero attached hydrogens (tertiary/aromatic N) is 2. The lowest BCUT2D eigenvalue weighted by molar-refractivity contribution is -0.140. The first-order valence-corrected chi connectivity index (χ1v) is 16.5. The van der Waals surface area contributed by atoms with E-state index >= 15 is 4.39 Å². The molecule has 0 bridgehead atoms. The van der Waals surface area contributed by atoms with E-state index in [2.05, 4.69) is 10.6 Å². The molecule has 288 valence electrons. The third kappa shape index (κ3) is 10.00. The number of alkyl halides is 7. The molecule has 9 nitrogen and oxygen atoms in total. The molecule has 0 unspecified atom stereocenters. The number of hydrogen-bond acceptors (Lipinski definition) is 5. The number of aromatic nitrogens is 1. The van der Waals surface area contributed by atoms with Crippen LogP contribution in [0.5, 0.6) is 0 Å². The number of amides is 2. The first-order valence-electron chi connectivity index (χ1n) is 16.5. The Balaban J connectivity index is 1.70. The van der Waals surface area contributed by atoms with E-state index in [0.29, 0.717) is 24.7 Å². The smallest absolute Gasteiger partial charge is 0.419 e. The molecule has 2 aromatic carbocycles. The van der Waals surface area contributed by atoms with Gasteiger partial charge in [0.15, 0.2) is 0 Å². The van der Waals surface area contributed by atoms with Crippen molar-refractivity contribution < 1.29 is 54.6 Å². The van der Waals surface area contributed by atoms with Gasteiger partial charge in [0.05, 0.1) is 23.6 Å². The molecule has 1 aliphatic heterocycles. The van der Waals surface area contributed by atoms with Crippen molar-refractivity contribution in [3.63, 3.8) is 0 Å². The van der Waals surface area contributed by atoms with E-state index in [-0.39, 0.29) is 59.8 Å². The lowest BCUT2D eigenvalue weighted by atomic mass is 9.89. The van der Waals surface area contributed by atoms with Gasteiger partial charge in [0.1, 0.15) is 23.6 Å². The van der Waals surface area contributed by atoms with Gasteiger partial charge in [-0.15, -0.1) is 0 Å². The second-order valence-corrected chi connectivity index (χ2v) is 13.5. The predicted octanol–water partition coefficient (Wildman–Crippen LogP) is 6.44. The van der Waals surface area contributed by atoms with Gasteiger partial charge in [-0.1, -0.05) is 13.8 Å². The molecule has 17 heteroatoms. The van der Waals surface area contributed by atoms with Gasteiger partial charge in [-0.3, -0.25) is 24.1 Å². The summed E-state index contributed by atoms with van der Waals surface area (Å²) >= 11 is 0. The first kappa shape index (κ1) is 41.0. The van der Waals surface area contributed by atoms with E-state index in [1.165, 1.54) is 36.7 Å². The van der Waals surface area contributed by atoms with E-state index in [4.69, 9.17) is 0 Å². The van der Waals surface area contributed by atoms with Gasteiger partial charge in [0.2, 0.25) is 5.91 Å². The number of carboxylic acids is 1. The lowest BCUT2D eigenvalue weighted by Crippen LogP contribution is -2.50. The Kier molecular flexibility index (Phi) is 12.4. The quantitative estimate of drug-likeness (QED) is 0.173. The van der Waals surface area contributed by atoms with Crippen LogP contribution >= 0.6 is 0 Å². The molecule has 1 aliphatic rings. The monoisotopic (exact) mass is 758 g/mol. The largest absolute Gasteiger partial charge is 0.481 e. The Bertz CT molecular complexity index is 1900. The Morgan fingerprint density at radius 2 is 1.57 bits per heavy atom. The molecule has 1 aromatic heterocycles. The lowest BCUT2D eigenvalue weighted by Gasteiger charge is -2.34. The molecule has 0 saturated carbocycles. The number of aliphatic carboxylic acids is 1. The topological polar surface area (TPSA) is 121 Å². The zero-order chi connectivity index (χ0) is 39.6. The molecular weight excluding hydrogens is 720 g/mol. The molecule has 2 amide bonds. The molecular formula is C36H38F8N4O5. The number of halogens is 8. The predicted molar refractivity (Wildman–Crippen MR) is 177 cm³/mol. The number of pyridine rings is 1. The highest BCUT2D eigenvalue weighted by atomic mass is 19.4. The third-order valence-corrected chi connectivity index (χ3v) is 8.79. The van der Waals surface area contributed by atoms with Crippen LogP contribution in [0.25, 0.3) is 11.1 Å². The number of likely N-dealkylation sites (tertiary alicyclic amines) is 1. The van der Waals surface area contributed by atoms with Crippen LogP contribution in [0.4, 0.5) is 35.1 Å². The summed E-state index contributed by atoms with van der Waals surface area (Å²) in [5.41, 5.74) is -5.59. The van der Waals surface area contributed by atoms with Crippen LogP contribution in [0.2, 0.25) is 0 Å². The van der Waals surface area contributed by atoms with Crippen LogP contribution in [-0.4, -0.2) is 64.2 Å². The molecule has 0 radical (unpaired) electrons. The molecule has 1 fully saturated rings. The molecule has 4 rings (SSSR count). The summed E-state index contributed by atoms with van der Waals surface area (Å²) in [5.74, 6) is -5.97. The van der Waals surface area contributed by atoms with Crippen LogP contribution in [-0.2, 0) is 28.5 Å². The van der Waals surface area contributed by atoms with E-state index in [1.54, 1.807) is 18.7 Å². The Morgan fingerprint density at radius 3 is 2.09 bits per heavy atom. The van der Waals surface area contributed by atoms with Crippen molar-refractivity contribution in [2.75, 3.05) is 19.6 Å². The Morgan fingerprint density at radius 1 is 0.943 bits per heavy atom. The van der Waals surface area contributed by atoms with Crippen molar-refractivity contribution in [2.24, 2.45) is 5.92 Å². The second kappa shape index (κ2) is 16.1. The fourth-order valence-electron chi connectivity index (χ4n) is 6.28. The average Bonchev–Trinajstić information content (AvgIpc) is 3.01. The summed E-state index contributed by atoms with van der Waals surface area (Å²) in [6.07, 6.45) is -10.9. The number of carbonyl (C=O) groups is 3. The highest BCUT2D eigenvalue weighted by Crippen LogP contribution is 2.41. The highest BCUT2D eigenvalue weighted by molar-refractivity contribution is 5.97. The molecule has 3 aromatic rings. The fraction of sp³-hybridized carbons (Fsp3) is 0.444. The van der Waals surface area contributed by atoms with Crippen molar-refractivity contribution in [2.45, 2.75) is 77.7 Å². The second-order valence-electron chi connectivity index (χ2n) is 13.5. The number of carboxylic acid groups (broad SMARTS) is 1. The highest BCUT2D eigenvalue weighted by Gasteiger charge is 2.39. The van der Waals surface area contributed by atoms with Crippen LogP contribution in [0.1, 0.15) is 70.9 Å². The van der Waals surface area contributed by atoms with Gasteiger partial charge in [0, 0.05) is 37.9 Å². The summed E-state index contributed by atoms with van der Waals surface area (Å²) in [7, 11) is 0. The van der Waals surface area contributed by atoms with Crippen molar-refractivity contribution >= 4 is 17.8 Å². The molecule has 3 N–H and O–H groups in total. The molecule has 1 saturated heterocycles. The molecule has 0 aliphatic carbocycles. The number of rotatable bonds is 13. The van der Waals surface area contributed by atoms with Crippen molar-refractivity contribution in [1.29, 1.82) is 0 Å². The van der Waals surface area contributed by atoms with Crippen molar-refractivity contribution in [3.8, 4) is 11.1 Å². The number of nitrogens with one attached hydrogen (secondary N) is 2. The Hall–Kier alpha value is -4.80. The van der Waals surface area contributed by atoms with E-state index in [9.17, 15) is 55.0 Å². The van der Waals surface area contributed by atoms with Gasteiger partial charge < -0.3 is 20.3 Å². The third-order valence-electron chi connectivity index (χ3n) is 8.79. The van der Waals surface area contributed by atoms with Crippen LogP contribution in [0.15, 0.2) is 47.4 Å². The van der Waals surface area contributed by atoms with Crippen molar-refractivity contribution in [1.82, 2.24) is 20.1 Å². The minimum Gasteiger partial charge on any atom is -0.481 e. The van der Waals surface area contributed by atoms with Gasteiger partial charge in [0.25, 0.3) is 11.5 Å². The normalized spacial score (nSPS) is 15.2. The number of benzene rings is 2. The summed E-state index contributed by atoms with van der Waals surface area (Å²) in [6, 6.07) is 1.85. The zero-order valence-corrected chi connectivity index (χ0v) is 29.1. The number of carbonyl (C=O) groups excluding carboxylic acids is 2. The average molecular weight is 759 g/mol. The zero-order valence-electron chi connectivity index (χ0n) is 29.1. The molecule has 2 heterocycles. The molecule has 2 atom stereocenters. The van der Waals surface area contributed by atoms with Crippen molar-refractivity contribution in [3.05, 3.63) is 92.1 Å². The fourth-order valence-corrected chi connectivity index (χ4v) is 6.28. The minimum atomic E-state index is -5.35. The van der Waals surface area contributed by atoms with Crippen LogP contribution in [0, 0.1) is 25.6 Å². The molecule has 0 spiro atoms. The first-order chi connectivity index (χ1) is 24.6. The summed E-state index contributed by atoms with van der Waals surface area (Å²) < 4.78 is 113. The number of hydrogen-bond donors (Lipinski definition) is 3. The Labute approximate surface area is 299 Å². The van der Waals surface area contributed by atoms with Gasteiger partial charge in [-0.25, -0.2) is 8.78 Å². The minimum absolute atomic E-state index is 0.0971. The van der Waals surface area contributed by atoms with E-state index in [0.717, 1.165) is 6.07 Å². The summed E-state index contributed by atoms with van der Waals surface area (Å²) in [4.78, 5) is 53.9. The van der Waals surface area contributed by atoms with Gasteiger partial charge in [-0.2, -0.15) is 26.3 Å². The van der Waals surface area contributed by atoms with Crippen LogP contribution in [0.3, 0.4) is 0 Å². The van der Waals surface area contributed by atoms with Crippen LogP contribution < -0.4 is 16.2 Å². The maximum absolute atomic E-state index is 15.8.